The van der Waals surface area contributed by atoms with Crippen LogP contribution in [-0.4, -0.2) is 43.9 Å². The fourth-order valence-corrected chi connectivity index (χ4v) is 5.21. The predicted octanol–water partition coefficient (Wildman–Crippen LogP) is 3.61. The van der Waals surface area contributed by atoms with Gasteiger partial charge in [0.1, 0.15) is 16.7 Å². The van der Waals surface area contributed by atoms with E-state index in [1.807, 2.05) is 31.2 Å². The Balaban J connectivity index is 2.37. The van der Waals surface area contributed by atoms with E-state index in [9.17, 15) is 13.5 Å². The van der Waals surface area contributed by atoms with Crippen LogP contribution in [0.4, 0.5) is 0 Å². The van der Waals surface area contributed by atoms with Gasteiger partial charge < -0.3 is 14.6 Å². The molecule has 7 heteroatoms. The smallest absolute Gasteiger partial charge is 0.220 e. The van der Waals surface area contributed by atoms with Crippen LogP contribution in [0.1, 0.15) is 24.5 Å². The van der Waals surface area contributed by atoms with E-state index in [1.165, 1.54) is 4.31 Å². The molecule has 0 saturated carbocycles. The molecule has 0 bridgehead atoms. The minimum Gasteiger partial charge on any atom is -0.497 e. The molecule has 0 amide bonds. The predicted molar refractivity (Wildman–Crippen MR) is 119 cm³/mol. The van der Waals surface area contributed by atoms with Gasteiger partial charge >= 0.3 is 0 Å². The zero-order valence-corrected chi connectivity index (χ0v) is 18.6. The van der Waals surface area contributed by atoms with E-state index < -0.39 is 21.9 Å². The Bertz CT molecular complexity index is 845. The number of ether oxygens (including phenoxy) is 2. The SMILES string of the molecule is C=CC[C@H](C)[C@@H](CO)S(=O)(=O)N(Cc1ccc(OC)cc1)Cc1ccc(OC)cc1. The van der Waals surface area contributed by atoms with Gasteiger partial charge in [-0.1, -0.05) is 37.3 Å². The van der Waals surface area contributed by atoms with Gasteiger partial charge in [0.2, 0.25) is 10.0 Å². The van der Waals surface area contributed by atoms with E-state index in [0.717, 1.165) is 11.1 Å². The van der Waals surface area contributed by atoms with Crippen LogP contribution in [0.5, 0.6) is 11.5 Å². The Morgan fingerprint density at radius 1 is 0.967 bits per heavy atom. The maximum absolute atomic E-state index is 13.5. The largest absolute Gasteiger partial charge is 0.497 e. The molecule has 30 heavy (non-hydrogen) atoms. The number of hydrogen-bond donors (Lipinski definition) is 1. The minimum atomic E-state index is -3.79. The van der Waals surface area contributed by atoms with Crippen molar-refractivity contribution in [3.63, 3.8) is 0 Å². The highest BCUT2D eigenvalue weighted by atomic mass is 32.2. The van der Waals surface area contributed by atoms with Crippen molar-refractivity contribution in [1.29, 1.82) is 0 Å². The van der Waals surface area contributed by atoms with Crippen LogP contribution in [0.15, 0.2) is 61.2 Å². The Morgan fingerprint density at radius 3 is 1.73 bits per heavy atom. The van der Waals surface area contributed by atoms with Crippen molar-refractivity contribution in [2.24, 2.45) is 5.92 Å². The quantitative estimate of drug-likeness (QED) is 0.518. The normalized spacial score (nSPS) is 13.6. The molecule has 1 N–H and O–H groups in total. The molecule has 0 aromatic heterocycles. The van der Waals surface area contributed by atoms with Gasteiger partial charge in [-0.2, -0.15) is 4.31 Å². The van der Waals surface area contributed by atoms with E-state index in [-0.39, 0.29) is 19.0 Å². The summed E-state index contributed by atoms with van der Waals surface area (Å²) in [6.45, 7) is 5.45. The van der Waals surface area contributed by atoms with Crippen molar-refractivity contribution in [3.8, 4) is 11.5 Å². The van der Waals surface area contributed by atoms with Crippen molar-refractivity contribution in [2.75, 3.05) is 20.8 Å². The minimum absolute atomic E-state index is 0.190. The molecule has 164 valence electrons. The zero-order chi connectivity index (χ0) is 22.1. The van der Waals surface area contributed by atoms with Gasteiger partial charge in [-0.15, -0.1) is 6.58 Å². The Labute approximate surface area is 179 Å². The number of benzene rings is 2. The van der Waals surface area contributed by atoms with Crippen molar-refractivity contribution >= 4 is 10.0 Å². The molecule has 0 fully saturated rings. The fourth-order valence-electron chi connectivity index (χ4n) is 3.28. The number of allylic oxidation sites excluding steroid dienone is 1. The maximum atomic E-state index is 13.5. The summed E-state index contributed by atoms with van der Waals surface area (Å²) in [6, 6.07) is 14.6. The molecule has 2 atom stereocenters. The van der Waals surface area contributed by atoms with E-state index in [0.29, 0.717) is 17.9 Å². The van der Waals surface area contributed by atoms with Crippen LogP contribution in [0.2, 0.25) is 0 Å². The standard InChI is InChI=1S/C23H31NO5S/c1-5-6-18(2)23(17-25)30(26,27)24(15-19-7-11-21(28-3)12-8-19)16-20-9-13-22(29-4)14-10-20/h5,7-14,18,23,25H,1,6,15-17H2,2-4H3/t18-,23+/m0/s1. The third-order valence-electron chi connectivity index (χ3n) is 5.13. The molecule has 2 rings (SSSR count). The highest BCUT2D eigenvalue weighted by Crippen LogP contribution is 2.25. The monoisotopic (exact) mass is 433 g/mol. The van der Waals surface area contributed by atoms with Crippen molar-refractivity contribution < 1.29 is 23.0 Å². The average Bonchev–Trinajstić information content (AvgIpc) is 2.74. The van der Waals surface area contributed by atoms with E-state index in [4.69, 9.17) is 9.47 Å². The number of aliphatic hydroxyl groups excluding tert-OH is 1. The van der Waals surface area contributed by atoms with Gasteiger partial charge in [-0.3, -0.25) is 0 Å². The number of sulfonamides is 1. The lowest BCUT2D eigenvalue weighted by molar-refractivity contribution is 0.255. The second-order valence-electron chi connectivity index (χ2n) is 7.23. The van der Waals surface area contributed by atoms with E-state index >= 15 is 0 Å². The van der Waals surface area contributed by atoms with Gasteiger partial charge in [0.15, 0.2) is 0 Å². The first-order chi connectivity index (χ1) is 14.3. The van der Waals surface area contributed by atoms with Crippen molar-refractivity contribution in [3.05, 3.63) is 72.3 Å². The molecule has 6 nitrogen and oxygen atoms in total. The Morgan fingerprint density at radius 2 is 1.40 bits per heavy atom. The van der Waals surface area contributed by atoms with Crippen molar-refractivity contribution in [2.45, 2.75) is 31.7 Å². The van der Waals surface area contributed by atoms with Gasteiger partial charge in [-0.25, -0.2) is 8.42 Å². The second-order valence-corrected chi connectivity index (χ2v) is 9.38. The van der Waals surface area contributed by atoms with Gasteiger partial charge in [-0.05, 0) is 47.7 Å². The number of hydrogen-bond acceptors (Lipinski definition) is 5. The van der Waals surface area contributed by atoms with Crippen LogP contribution < -0.4 is 9.47 Å². The number of nitrogens with zero attached hydrogens (tertiary/aromatic N) is 1. The third kappa shape index (κ3) is 6.08. The van der Waals surface area contributed by atoms with Gasteiger partial charge in [0.05, 0.1) is 20.8 Å². The summed E-state index contributed by atoms with van der Waals surface area (Å²) < 4.78 is 38.8. The summed E-state index contributed by atoms with van der Waals surface area (Å²) in [5.41, 5.74) is 1.67. The number of aliphatic hydroxyl groups is 1. The molecule has 0 unspecified atom stereocenters. The van der Waals surface area contributed by atoms with E-state index in [2.05, 4.69) is 6.58 Å². The maximum Gasteiger partial charge on any atom is 0.220 e. The molecule has 0 heterocycles. The summed E-state index contributed by atoms with van der Waals surface area (Å²) in [5, 5.41) is 8.99. The van der Waals surface area contributed by atoms with Crippen molar-refractivity contribution in [1.82, 2.24) is 4.31 Å². The Hall–Kier alpha value is -2.35. The lowest BCUT2D eigenvalue weighted by atomic mass is 10.0. The lowest BCUT2D eigenvalue weighted by Gasteiger charge is -2.30. The summed E-state index contributed by atoms with van der Waals surface area (Å²) in [4.78, 5) is 0. The number of methoxy groups -OCH3 is 2. The fraction of sp³-hybridized carbons (Fsp3) is 0.391. The van der Waals surface area contributed by atoms with Crippen LogP contribution in [0.25, 0.3) is 0 Å². The first-order valence-electron chi connectivity index (χ1n) is 9.82. The lowest BCUT2D eigenvalue weighted by Crippen LogP contribution is -2.43. The van der Waals surface area contributed by atoms with Gasteiger partial charge in [0, 0.05) is 13.1 Å². The van der Waals surface area contributed by atoms with E-state index in [1.54, 1.807) is 44.6 Å². The molecule has 2 aromatic carbocycles. The average molecular weight is 434 g/mol. The first-order valence-corrected chi connectivity index (χ1v) is 11.3. The van der Waals surface area contributed by atoms with Gasteiger partial charge in [0.25, 0.3) is 0 Å². The van der Waals surface area contributed by atoms with Crippen LogP contribution in [0, 0.1) is 5.92 Å². The molecule has 0 aliphatic carbocycles. The number of rotatable bonds is 12. The highest BCUT2D eigenvalue weighted by molar-refractivity contribution is 7.89. The second kappa shape index (κ2) is 11.2. The molecule has 0 aliphatic rings. The highest BCUT2D eigenvalue weighted by Gasteiger charge is 2.35. The Kier molecular flexibility index (Phi) is 8.89. The summed E-state index contributed by atoms with van der Waals surface area (Å²) in [7, 11) is -0.618. The molecular weight excluding hydrogens is 402 g/mol. The molecular formula is C23H31NO5S. The summed E-state index contributed by atoms with van der Waals surface area (Å²) in [6.07, 6.45) is 2.18. The molecule has 0 saturated heterocycles. The topological polar surface area (TPSA) is 76.1 Å². The third-order valence-corrected chi connectivity index (χ3v) is 7.49. The zero-order valence-electron chi connectivity index (χ0n) is 17.8. The van der Waals surface area contributed by atoms with Crippen LogP contribution in [-0.2, 0) is 23.1 Å². The van der Waals surface area contributed by atoms with Crippen LogP contribution >= 0.6 is 0 Å². The van der Waals surface area contributed by atoms with Crippen LogP contribution in [0.3, 0.4) is 0 Å². The molecule has 0 spiro atoms. The molecule has 0 radical (unpaired) electrons. The molecule has 0 aliphatic heterocycles. The summed E-state index contributed by atoms with van der Waals surface area (Å²) in [5.74, 6) is 1.15. The summed E-state index contributed by atoms with van der Waals surface area (Å²) >= 11 is 0. The molecule has 2 aromatic rings. The first kappa shape index (κ1) is 23.9.